The first kappa shape index (κ1) is 17.4. The van der Waals surface area contributed by atoms with E-state index in [1.165, 1.54) is 36.6 Å². The highest BCUT2D eigenvalue weighted by atomic mass is 16.4. The average molecular weight is 370 g/mol. The molecule has 0 saturated carbocycles. The molecule has 0 aliphatic rings. The molecule has 5 rings (SSSR count). The quantitative estimate of drug-likeness (QED) is 0.301. The van der Waals surface area contributed by atoms with Crippen molar-refractivity contribution in [1.82, 2.24) is 0 Å². The fourth-order valence-corrected chi connectivity index (χ4v) is 4.47. The van der Waals surface area contributed by atoms with Crippen LogP contribution in [0.3, 0.4) is 0 Å². The van der Waals surface area contributed by atoms with E-state index in [-0.39, 0.29) is 0 Å². The van der Waals surface area contributed by atoms with Gasteiger partial charge in [-0.05, 0) is 48.2 Å². The Morgan fingerprint density at radius 2 is 1.46 bits per heavy atom. The minimum atomic E-state index is 0.762. The second kappa shape index (κ2) is 7.01. The summed E-state index contributed by atoms with van der Waals surface area (Å²) in [4.78, 5) is 0. The highest BCUT2D eigenvalue weighted by Gasteiger charge is 2.16. The molecule has 2 heteroatoms. The third kappa shape index (κ3) is 2.79. The first-order valence-corrected chi connectivity index (χ1v) is 10.5. The van der Waals surface area contributed by atoms with Crippen LogP contribution in [-0.2, 0) is 6.42 Å². The Labute approximate surface area is 165 Å². The van der Waals surface area contributed by atoms with Crippen molar-refractivity contribution in [3.8, 4) is 0 Å². The molecule has 0 aliphatic carbocycles. The number of furan rings is 2. The second-order valence-corrected chi connectivity index (χ2v) is 7.97. The van der Waals surface area contributed by atoms with Crippen LogP contribution in [0.25, 0.3) is 43.9 Å². The monoisotopic (exact) mass is 370 g/mol. The maximum Gasteiger partial charge on any atom is 0.178 e. The summed E-state index contributed by atoms with van der Waals surface area (Å²) in [5.74, 6) is 0.762. The van der Waals surface area contributed by atoms with Gasteiger partial charge in [-0.1, -0.05) is 63.8 Å². The fraction of sp³-hybridized carbons (Fsp3) is 0.308. The molecule has 28 heavy (non-hydrogen) atoms. The molecular weight excluding hydrogens is 344 g/mol. The Balaban J connectivity index is 1.62. The van der Waals surface area contributed by atoms with Crippen molar-refractivity contribution < 1.29 is 8.83 Å². The van der Waals surface area contributed by atoms with Crippen LogP contribution in [0.5, 0.6) is 0 Å². The third-order valence-electron chi connectivity index (χ3n) is 6.12. The molecule has 0 spiro atoms. The van der Waals surface area contributed by atoms with Crippen LogP contribution in [0.1, 0.15) is 45.1 Å². The molecule has 2 aromatic heterocycles. The van der Waals surface area contributed by atoms with Crippen molar-refractivity contribution >= 4 is 43.9 Å². The van der Waals surface area contributed by atoms with Gasteiger partial charge in [-0.2, -0.15) is 0 Å². The molecule has 0 saturated heterocycles. The van der Waals surface area contributed by atoms with Crippen molar-refractivity contribution in [1.29, 1.82) is 0 Å². The Morgan fingerprint density at radius 3 is 2.21 bits per heavy atom. The predicted molar refractivity (Wildman–Crippen MR) is 118 cm³/mol. The van der Waals surface area contributed by atoms with E-state index in [4.69, 9.17) is 8.83 Å². The lowest BCUT2D eigenvalue weighted by Crippen LogP contribution is -2.03. The van der Waals surface area contributed by atoms with Gasteiger partial charge in [0.15, 0.2) is 11.2 Å². The standard InChI is InChI=1S/C26H26O2/c1-3-5-8-17(4-2)15-18-11-14-24-22(16-18)21-13-12-20-19-9-6-7-10-23(19)27-25(20)26(21)28-24/h6-7,9-14,16-17H,3-5,8,15H2,1-2H3. The van der Waals surface area contributed by atoms with Crippen LogP contribution in [0.4, 0.5) is 0 Å². The van der Waals surface area contributed by atoms with Crippen molar-refractivity contribution in [2.45, 2.75) is 46.0 Å². The van der Waals surface area contributed by atoms with E-state index in [2.05, 4.69) is 56.3 Å². The highest BCUT2D eigenvalue weighted by Crippen LogP contribution is 2.38. The molecule has 5 aromatic rings. The highest BCUT2D eigenvalue weighted by molar-refractivity contribution is 6.18. The number of benzene rings is 3. The van der Waals surface area contributed by atoms with Crippen molar-refractivity contribution in [2.24, 2.45) is 5.92 Å². The molecule has 2 nitrogen and oxygen atoms in total. The SMILES string of the molecule is CCCCC(CC)Cc1ccc2oc3c(ccc4c5ccccc5oc43)c2c1. The molecule has 0 fully saturated rings. The van der Waals surface area contributed by atoms with E-state index in [9.17, 15) is 0 Å². The predicted octanol–water partition coefficient (Wildman–Crippen LogP) is 8.24. The molecule has 1 atom stereocenters. The summed E-state index contributed by atoms with van der Waals surface area (Å²) in [6.07, 6.45) is 6.29. The summed E-state index contributed by atoms with van der Waals surface area (Å²) in [5.41, 5.74) is 4.97. The zero-order valence-corrected chi connectivity index (χ0v) is 16.6. The molecule has 2 heterocycles. The molecule has 3 aromatic carbocycles. The average Bonchev–Trinajstić information content (AvgIpc) is 3.29. The number of para-hydroxylation sites is 1. The lowest BCUT2D eigenvalue weighted by Gasteiger charge is -2.14. The van der Waals surface area contributed by atoms with E-state index in [1.807, 2.05) is 12.1 Å². The second-order valence-electron chi connectivity index (χ2n) is 7.97. The molecule has 142 valence electrons. The maximum atomic E-state index is 6.25. The van der Waals surface area contributed by atoms with Gasteiger partial charge in [0.2, 0.25) is 0 Å². The fourth-order valence-electron chi connectivity index (χ4n) is 4.47. The topological polar surface area (TPSA) is 26.3 Å². The van der Waals surface area contributed by atoms with E-state index in [0.717, 1.165) is 50.8 Å². The molecule has 0 aliphatic heterocycles. The van der Waals surface area contributed by atoms with Crippen molar-refractivity contribution in [2.75, 3.05) is 0 Å². The smallest absolute Gasteiger partial charge is 0.178 e. The Morgan fingerprint density at radius 1 is 0.750 bits per heavy atom. The largest absolute Gasteiger partial charge is 0.452 e. The van der Waals surface area contributed by atoms with Gasteiger partial charge in [0.25, 0.3) is 0 Å². The summed E-state index contributed by atoms with van der Waals surface area (Å²) < 4.78 is 12.4. The number of unbranched alkanes of at least 4 members (excludes halogenated alkanes) is 1. The molecule has 0 amide bonds. The van der Waals surface area contributed by atoms with Gasteiger partial charge in [0.1, 0.15) is 11.2 Å². The number of hydrogen-bond acceptors (Lipinski definition) is 2. The summed E-state index contributed by atoms with van der Waals surface area (Å²) in [7, 11) is 0. The first-order valence-electron chi connectivity index (χ1n) is 10.5. The normalized spacial score (nSPS) is 13.2. The van der Waals surface area contributed by atoms with E-state index in [1.54, 1.807) is 0 Å². The summed E-state index contributed by atoms with van der Waals surface area (Å²) >= 11 is 0. The van der Waals surface area contributed by atoms with Crippen molar-refractivity contribution in [3.63, 3.8) is 0 Å². The van der Waals surface area contributed by atoms with Crippen molar-refractivity contribution in [3.05, 3.63) is 60.2 Å². The van der Waals surface area contributed by atoms with E-state index >= 15 is 0 Å². The zero-order valence-electron chi connectivity index (χ0n) is 16.6. The van der Waals surface area contributed by atoms with Crippen LogP contribution < -0.4 is 0 Å². The minimum Gasteiger partial charge on any atom is -0.452 e. The van der Waals surface area contributed by atoms with E-state index < -0.39 is 0 Å². The van der Waals surface area contributed by atoms with Crippen LogP contribution in [-0.4, -0.2) is 0 Å². The van der Waals surface area contributed by atoms with Gasteiger partial charge in [-0.25, -0.2) is 0 Å². The molecular formula is C26H26O2. The zero-order chi connectivity index (χ0) is 19.1. The number of rotatable bonds is 6. The Kier molecular flexibility index (Phi) is 4.35. The van der Waals surface area contributed by atoms with Crippen LogP contribution in [0.15, 0.2) is 63.4 Å². The minimum absolute atomic E-state index is 0.762. The first-order chi connectivity index (χ1) is 13.8. The summed E-state index contributed by atoms with van der Waals surface area (Å²) in [6, 6.07) is 19.2. The van der Waals surface area contributed by atoms with Crippen LogP contribution in [0.2, 0.25) is 0 Å². The maximum absolute atomic E-state index is 6.25. The van der Waals surface area contributed by atoms with Gasteiger partial charge in [0.05, 0.1) is 0 Å². The summed E-state index contributed by atoms with van der Waals surface area (Å²) in [6.45, 7) is 4.58. The Bertz CT molecular complexity index is 1270. The third-order valence-corrected chi connectivity index (χ3v) is 6.12. The summed E-state index contributed by atoms with van der Waals surface area (Å²) in [5, 5.41) is 4.60. The van der Waals surface area contributed by atoms with Crippen LogP contribution in [0, 0.1) is 5.92 Å². The molecule has 1 unspecified atom stereocenters. The lowest BCUT2D eigenvalue weighted by atomic mass is 9.91. The van der Waals surface area contributed by atoms with Gasteiger partial charge in [-0.15, -0.1) is 0 Å². The van der Waals surface area contributed by atoms with Crippen LogP contribution >= 0.6 is 0 Å². The number of fused-ring (bicyclic) bond motifs is 7. The Hall–Kier alpha value is -2.74. The van der Waals surface area contributed by atoms with Gasteiger partial charge in [0, 0.05) is 21.5 Å². The van der Waals surface area contributed by atoms with Gasteiger partial charge >= 0.3 is 0 Å². The lowest BCUT2D eigenvalue weighted by molar-refractivity contribution is 0.449. The molecule has 0 radical (unpaired) electrons. The van der Waals surface area contributed by atoms with Gasteiger partial charge in [-0.3, -0.25) is 0 Å². The van der Waals surface area contributed by atoms with E-state index in [0.29, 0.717) is 0 Å². The number of hydrogen-bond donors (Lipinski definition) is 0. The van der Waals surface area contributed by atoms with Gasteiger partial charge < -0.3 is 8.83 Å². The molecule has 0 N–H and O–H groups in total. The molecule has 0 bridgehead atoms.